The first-order valence-electron chi connectivity index (χ1n) is 5.79. The Bertz CT molecular complexity index is 399. The zero-order chi connectivity index (χ0) is 11.8. The van der Waals surface area contributed by atoms with Crippen molar-refractivity contribution < 1.29 is 4.52 Å². The van der Waals surface area contributed by atoms with Crippen molar-refractivity contribution in [2.75, 3.05) is 6.54 Å². The van der Waals surface area contributed by atoms with Crippen LogP contribution in [0.2, 0.25) is 0 Å². The van der Waals surface area contributed by atoms with Gasteiger partial charge in [0.1, 0.15) is 0 Å². The molecule has 0 spiro atoms. The fourth-order valence-corrected chi connectivity index (χ4v) is 2.93. The average molecular weight is 225 g/mol. The fourth-order valence-electron chi connectivity index (χ4n) is 2.93. The molecule has 0 saturated heterocycles. The zero-order valence-corrected chi connectivity index (χ0v) is 9.82. The number of aromatic nitrogens is 2. The Kier molecular flexibility index (Phi) is 2.88. The molecule has 1 heterocycles. The van der Waals surface area contributed by atoms with Crippen LogP contribution in [0.15, 0.2) is 9.32 Å². The third-order valence-corrected chi connectivity index (χ3v) is 3.94. The SMILES string of the molecule is CC1CC(CN)(Cc2noc(=O)[nH]2)CC1C. The number of nitrogens with two attached hydrogens (primary N) is 1. The lowest BCUT2D eigenvalue weighted by atomic mass is 9.81. The first-order chi connectivity index (χ1) is 7.54. The van der Waals surface area contributed by atoms with Crippen LogP contribution in [0.5, 0.6) is 0 Å². The minimum Gasteiger partial charge on any atom is -0.330 e. The van der Waals surface area contributed by atoms with Crippen LogP contribution in [0.4, 0.5) is 0 Å². The predicted octanol–water partition coefficient (Wildman–Crippen LogP) is 0.916. The molecule has 2 rings (SSSR count). The number of hydrogen-bond donors (Lipinski definition) is 2. The molecule has 2 atom stereocenters. The second-order valence-corrected chi connectivity index (χ2v) is 5.29. The third kappa shape index (κ3) is 2.04. The molecular weight excluding hydrogens is 206 g/mol. The Morgan fingerprint density at radius 2 is 2.12 bits per heavy atom. The monoisotopic (exact) mass is 225 g/mol. The zero-order valence-electron chi connectivity index (χ0n) is 9.82. The first kappa shape index (κ1) is 11.4. The highest BCUT2D eigenvalue weighted by Gasteiger charge is 2.41. The van der Waals surface area contributed by atoms with E-state index in [0.29, 0.717) is 30.6 Å². The molecule has 5 heteroatoms. The van der Waals surface area contributed by atoms with Gasteiger partial charge in [0.25, 0.3) is 0 Å². The maximum Gasteiger partial charge on any atom is 0.438 e. The molecule has 0 radical (unpaired) electrons. The van der Waals surface area contributed by atoms with Gasteiger partial charge in [-0.2, -0.15) is 0 Å². The van der Waals surface area contributed by atoms with E-state index in [1.54, 1.807) is 0 Å². The second-order valence-electron chi connectivity index (χ2n) is 5.29. The number of rotatable bonds is 3. The summed E-state index contributed by atoms with van der Waals surface area (Å²) in [4.78, 5) is 13.5. The average Bonchev–Trinajstić information content (AvgIpc) is 2.74. The van der Waals surface area contributed by atoms with Crippen LogP contribution in [0, 0.1) is 17.3 Å². The molecule has 0 amide bonds. The summed E-state index contributed by atoms with van der Waals surface area (Å²) in [6.45, 7) is 5.15. The Morgan fingerprint density at radius 1 is 1.50 bits per heavy atom. The molecule has 16 heavy (non-hydrogen) atoms. The van der Waals surface area contributed by atoms with Gasteiger partial charge in [0.2, 0.25) is 0 Å². The summed E-state index contributed by atoms with van der Waals surface area (Å²) < 4.78 is 4.52. The highest BCUT2D eigenvalue weighted by atomic mass is 16.5. The summed E-state index contributed by atoms with van der Waals surface area (Å²) in [7, 11) is 0. The van der Waals surface area contributed by atoms with Gasteiger partial charge >= 0.3 is 5.76 Å². The summed E-state index contributed by atoms with van der Waals surface area (Å²) in [5.41, 5.74) is 5.98. The Morgan fingerprint density at radius 3 is 2.56 bits per heavy atom. The van der Waals surface area contributed by atoms with Gasteiger partial charge in [-0.1, -0.05) is 19.0 Å². The largest absolute Gasteiger partial charge is 0.438 e. The minimum atomic E-state index is -0.485. The highest BCUT2D eigenvalue weighted by Crippen LogP contribution is 2.46. The van der Waals surface area contributed by atoms with Gasteiger partial charge in [-0.05, 0) is 36.6 Å². The van der Waals surface area contributed by atoms with Crippen LogP contribution >= 0.6 is 0 Å². The third-order valence-electron chi connectivity index (χ3n) is 3.94. The smallest absolute Gasteiger partial charge is 0.330 e. The van der Waals surface area contributed by atoms with E-state index >= 15 is 0 Å². The van der Waals surface area contributed by atoms with E-state index in [2.05, 4.69) is 28.5 Å². The summed E-state index contributed by atoms with van der Waals surface area (Å²) in [5.74, 6) is 1.50. The van der Waals surface area contributed by atoms with Crippen molar-refractivity contribution in [3.8, 4) is 0 Å². The van der Waals surface area contributed by atoms with E-state index in [4.69, 9.17) is 5.73 Å². The first-order valence-corrected chi connectivity index (χ1v) is 5.79. The normalized spacial score (nSPS) is 34.4. The topological polar surface area (TPSA) is 84.9 Å². The van der Waals surface area contributed by atoms with Crippen LogP contribution in [-0.4, -0.2) is 16.7 Å². The predicted molar refractivity (Wildman–Crippen MR) is 59.9 cm³/mol. The minimum absolute atomic E-state index is 0.0820. The van der Waals surface area contributed by atoms with Gasteiger partial charge in [-0.3, -0.25) is 9.51 Å². The quantitative estimate of drug-likeness (QED) is 0.801. The maximum absolute atomic E-state index is 10.9. The van der Waals surface area contributed by atoms with E-state index < -0.39 is 5.76 Å². The van der Waals surface area contributed by atoms with Crippen molar-refractivity contribution in [2.24, 2.45) is 23.0 Å². The number of nitrogens with one attached hydrogen (secondary N) is 1. The van der Waals surface area contributed by atoms with E-state index in [-0.39, 0.29) is 5.41 Å². The van der Waals surface area contributed by atoms with Crippen molar-refractivity contribution in [3.63, 3.8) is 0 Å². The van der Waals surface area contributed by atoms with Crippen LogP contribution in [0.25, 0.3) is 0 Å². The Hall–Kier alpha value is -1.10. The van der Waals surface area contributed by atoms with Crippen molar-refractivity contribution in [1.29, 1.82) is 0 Å². The van der Waals surface area contributed by atoms with E-state index in [9.17, 15) is 4.79 Å². The van der Waals surface area contributed by atoms with Crippen LogP contribution in [-0.2, 0) is 6.42 Å². The van der Waals surface area contributed by atoms with Crippen molar-refractivity contribution in [2.45, 2.75) is 33.1 Å². The molecule has 90 valence electrons. The molecule has 1 fully saturated rings. The highest BCUT2D eigenvalue weighted by molar-refractivity contribution is 4.98. The number of aromatic amines is 1. The van der Waals surface area contributed by atoms with Gasteiger partial charge in [-0.25, -0.2) is 4.79 Å². The molecule has 1 aromatic heterocycles. The fraction of sp³-hybridized carbons (Fsp3) is 0.818. The number of hydrogen-bond acceptors (Lipinski definition) is 4. The van der Waals surface area contributed by atoms with Gasteiger partial charge < -0.3 is 5.73 Å². The standard InChI is InChI=1S/C11H19N3O2/c1-7-3-11(6-12,4-8(7)2)5-9-13-10(15)16-14-9/h7-8H,3-6,12H2,1-2H3,(H,13,14,15). The molecule has 1 aliphatic rings. The molecular formula is C11H19N3O2. The number of nitrogens with zero attached hydrogens (tertiary/aromatic N) is 1. The van der Waals surface area contributed by atoms with Gasteiger partial charge in [0, 0.05) is 6.42 Å². The summed E-state index contributed by atoms with van der Waals surface area (Å²) in [6, 6.07) is 0. The molecule has 2 unspecified atom stereocenters. The van der Waals surface area contributed by atoms with Crippen LogP contribution < -0.4 is 11.5 Å². The summed E-state index contributed by atoms with van der Waals surface area (Å²) >= 11 is 0. The lowest BCUT2D eigenvalue weighted by Crippen LogP contribution is -2.31. The van der Waals surface area contributed by atoms with E-state index in [1.165, 1.54) is 0 Å². The van der Waals surface area contributed by atoms with Crippen LogP contribution in [0.3, 0.4) is 0 Å². The van der Waals surface area contributed by atoms with Gasteiger partial charge in [0.05, 0.1) is 0 Å². The molecule has 0 aromatic carbocycles. The summed E-state index contributed by atoms with van der Waals surface area (Å²) in [5, 5.41) is 3.72. The second kappa shape index (κ2) is 4.05. The Labute approximate surface area is 94.4 Å². The molecule has 0 aliphatic heterocycles. The molecule has 3 N–H and O–H groups in total. The van der Waals surface area contributed by atoms with E-state index in [1.807, 2.05) is 0 Å². The Balaban J connectivity index is 2.14. The lowest BCUT2D eigenvalue weighted by Gasteiger charge is -2.26. The van der Waals surface area contributed by atoms with Crippen molar-refractivity contribution in [3.05, 3.63) is 16.4 Å². The molecule has 1 aliphatic carbocycles. The van der Waals surface area contributed by atoms with E-state index in [0.717, 1.165) is 12.8 Å². The van der Waals surface area contributed by atoms with Crippen molar-refractivity contribution >= 4 is 0 Å². The molecule has 1 aromatic rings. The van der Waals surface area contributed by atoms with Gasteiger partial charge in [0.15, 0.2) is 5.82 Å². The maximum atomic E-state index is 10.9. The van der Waals surface area contributed by atoms with Crippen LogP contribution in [0.1, 0.15) is 32.5 Å². The van der Waals surface area contributed by atoms with Gasteiger partial charge in [-0.15, -0.1) is 0 Å². The molecule has 1 saturated carbocycles. The molecule has 5 nitrogen and oxygen atoms in total. The lowest BCUT2D eigenvalue weighted by molar-refractivity contribution is 0.279. The van der Waals surface area contributed by atoms with Crippen molar-refractivity contribution in [1.82, 2.24) is 10.1 Å². The summed E-state index contributed by atoms with van der Waals surface area (Å²) in [6.07, 6.45) is 2.91. The molecule has 0 bridgehead atoms. The number of H-pyrrole nitrogens is 1.